The summed E-state index contributed by atoms with van der Waals surface area (Å²) in [5.41, 5.74) is 9.56. The molecule has 34 heavy (non-hydrogen) atoms. The third-order valence-corrected chi connectivity index (χ3v) is 7.12. The predicted molar refractivity (Wildman–Crippen MR) is 131 cm³/mol. The Hall–Kier alpha value is -3.98. The van der Waals surface area contributed by atoms with E-state index in [1.807, 2.05) is 41.3 Å². The Morgan fingerprint density at radius 2 is 2.03 bits per heavy atom. The lowest BCUT2D eigenvalue weighted by atomic mass is 9.75. The fourth-order valence-corrected chi connectivity index (χ4v) is 5.23. The lowest BCUT2D eigenvalue weighted by Crippen LogP contribution is -2.53. The van der Waals surface area contributed by atoms with Crippen LogP contribution in [-0.4, -0.2) is 47.7 Å². The Bertz CT molecular complexity index is 1310. The fourth-order valence-electron chi connectivity index (χ4n) is 5.23. The molecule has 0 unspecified atom stereocenters. The van der Waals surface area contributed by atoms with Gasteiger partial charge >= 0.3 is 0 Å². The van der Waals surface area contributed by atoms with Gasteiger partial charge in [-0.3, -0.25) is 4.79 Å². The van der Waals surface area contributed by atoms with Crippen LogP contribution >= 0.6 is 0 Å². The second-order valence-electron chi connectivity index (χ2n) is 9.11. The van der Waals surface area contributed by atoms with Crippen molar-refractivity contribution in [2.24, 2.45) is 10.4 Å². The molecule has 4 aliphatic rings. The molecule has 1 spiro atoms. The molecular formula is C28H26N4O2. The van der Waals surface area contributed by atoms with Gasteiger partial charge in [0.2, 0.25) is 5.91 Å². The van der Waals surface area contributed by atoms with E-state index in [1.54, 1.807) is 6.26 Å². The number of allylic oxidation sites excluding steroid dienone is 2. The maximum atomic E-state index is 13.7. The average Bonchev–Trinajstić information content (AvgIpc) is 3.42. The SMILES string of the molecule is O=C1N(Cc2ccccc2-c2ccco2)CC=CC12CCN(C1=NC3=C=C=CC=C3NC1)CC2. The van der Waals surface area contributed by atoms with Gasteiger partial charge in [0.05, 0.1) is 23.9 Å². The van der Waals surface area contributed by atoms with Gasteiger partial charge in [0, 0.05) is 31.7 Å². The molecule has 0 radical (unpaired) electrons. The summed E-state index contributed by atoms with van der Waals surface area (Å²) in [7, 11) is 0. The molecule has 2 aromatic rings. The number of nitrogens with zero attached hydrogens (tertiary/aromatic N) is 3. The van der Waals surface area contributed by atoms with Crippen molar-refractivity contribution in [2.75, 3.05) is 26.2 Å². The van der Waals surface area contributed by atoms with E-state index in [0.717, 1.165) is 60.0 Å². The molecule has 0 atom stereocenters. The van der Waals surface area contributed by atoms with E-state index in [1.165, 1.54) is 0 Å². The molecule has 1 aromatic heterocycles. The van der Waals surface area contributed by atoms with Crippen LogP contribution in [0.5, 0.6) is 0 Å². The number of aliphatic imine (C=N–C) groups is 1. The molecule has 1 fully saturated rings. The predicted octanol–water partition coefficient (Wildman–Crippen LogP) is 4.02. The smallest absolute Gasteiger partial charge is 0.233 e. The summed E-state index contributed by atoms with van der Waals surface area (Å²) in [6.45, 7) is 3.51. The molecule has 1 N–H and O–H groups in total. The Labute approximate surface area is 199 Å². The number of carbonyl (C=O) groups excluding carboxylic acids is 1. The first-order chi connectivity index (χ1) is 16.7. The zero-order chi connectivity index (χ0) is 23.0. The number of nitrogens with one attached hydrogen (secondary N) is 1. The van der Waals surface area contributed by atoms with Gasteiger partial charge in [0.1, 0.15) is 17.3 Å². The molecule has 6 nitrogen and oxygen atoms in total. The zero-order valence-corrected chi connectivity index (χ0v) is 19.0. The topological polar surface area (TPSA) is 61.1 Å². The van der Waals surface area contributed by atoms with Crippen molar-refractivity contribution in [2.45, 2.75) is 19.4 Å². The van der Waals surface area contributed by atoms with Crippen LogP contribution in [0.3, 0.4) is 0 Å². The van der Waals surface area contributed by atoms with E-state index >= 15 is 0 Å². The number of hydrogen-bond acceptors (Lipinski definition) is 5. The monoisotopic (exact) mass is 450 g/mol. The Balaban J connectivity index is 1.18. The first kappa shape index (κ1) is 20.6. The maximum Gasteiger partial charge on any atom is 0.233 e. The van der Waals surface area contributed by atoms with E-state index < -0.39 is 5.41 Å². The van der Waals surface area contributed by atoms with Crippen molar-refractivity contribution in [1.82, 2.24) is 15.1 Å². The fraction of sp³-hybridized carbons (Fsp3) is 0.286. The quantitative estimate of drug-likeness (QED) is 0.567. The molecule has 1 saturated heterocycles. The zero-order valence-electron chi connectivity index (χ0n) is 19.0. The summed E-state index contributed by atoms with van der Waals surface area (Å²) in [5.74, 6) is 2.06. The van der Waals surface area contributed by atoms with Gasteiger partial charge in [-0.15, -0.1) is 0 Å². The van der Waals surface area contributed by atoms with Crippen LogP contribution in [-0.2, 0) is 11.3 Å². The lowest BCUT2D eigenvalue weighted by molar-refractivity contribution is -0.142. The number of hydrogen-bond donors (Lipinski definition) is 1. The van der Waals surface area contributed by atoms with Crippen LogP contribution in [0.4, 0.5) is 0 Å². The van der Waals surface area contributed by atoms with Gasteiger partial charge < -0.3 is 19.5 Å². The third kappa shape index (κ3) is 3.63. The minimum absolute atomic E-state index is 0.223. The molecule has 0 bridgehead atoms. The molecule has 0 saturated carbocycles. The van der Waals surface area contributed by atoms with E-state index in [9.17, 15) is 4.79 Å². The third-order valence-electron chi connectivity index (χ3n) is 7.12. The number of fused-ring (bicyclic) bond motifs is 1. The molecule has 6 heteroatoms. The van der Waals surface area contributed by atoms with Crippen LogP contribution < -0.4 is 5.32 Å². The average molecular weight is 451 g/mol. The van der Waals surface area contributed by atoms with Crippen LogP contribution in [0.25, 0.3) is 11.3 Å². The van der Waals surface area contributed by atoms with Crippen LogP contribution in [0.15, 0.2) is 99.2 Å². The number of furan rings is 1. The van der Waals surface area contributed by atoms with Crippen molar-refractivity contribution in [3.8, 4) is 11.3 Å². The highest BCUT2D eigenvalue weighted by Gasteiger charge is 2.44. The highest BCUT2D eigenvalue weighted by molar-refractivity contribution is 5.89. The van der Waals surface area contributed by atoms with Gasteiger partial charge in [0.25, 0.3) is 0 Å². The van der Waals surface area contributed by atoms with Gasteiger partial charge in [-0.2, -0.15) is 0 Å². The van der Waals surface area contributed by atoms with Crippen molar-refractivity contribution >= 4 is 11.7 Å². The highest BCUT2D eigenvalue weighted by Crippen LogP contribution is 2.38. The Kier molecular flexibility index (Phi) is 5.10. The van der Waals surface area contributed by atoms with Gasteiger partial charge in [-0.05, 0) is 48.4 Å². The molecule has 1 aliphatic carbocycles. The number of amides is 1. The van der Waals surface area contributed by atoms with Gasteiger partial charge in [0.15, 0.2) is 0 Å². The molecular weight excluding hydrogens is 424 g/mol. The first-order valence-electron chi connectivity index (χ1n) is 11.8. The number of carbonyl (C=O) groups is 1. The van der Waals surface area contributed by atoms with Crippen LogP contribution in [0.1, 0.15) is 18.4 Å². The number of amidine groups is 1. The number of likely N-dealkylation sites (tertiary alicyclic amines) is 1. The molecule has 170 valence electrons. The van der Waals surface area contributed by atoms with Gasteiger partial charge in [-0.1, -0.05) is 42.1 Å². The Morgan fingerprint density at radius 3 is 2.88 bits per heavy atom. The Morgan fingerprint density at radius 1 is 1.15 bits per heavy atom. The standard InChI is InChI=1S/C28H26N4O2/c33-27-28(13-16-31(17-14-28)26-19-29-23-9-3-4-10-24(23)30-26)12-6-15-32(27)20-21-7-1-2-8-22(21)25-11-5-18-34-25/h1-3,5-9,11-12,18,29H,13-17,19-20H2. The largest absolute Gasteiger partial charge is 0.464 e. The van der Waals surface area contributed by atoms with Crippen molar-refractivity contribution in [1.29, 1.82) is 0 Å². The van der Waals surface area contributed by atoms with Crippen molar-refractivity contribution in [3.63, 3.8) is 0 Å². The van der Waals surface area contributed by atoms with E-state index in [2.05, 4.69) is 46.0 Å². The van der Waals surface area contributed by atoms with Crippen LogP contribution in [0, 0.1) is 5.41 Å². The highest BCUT2D eigenvalue weighted by atomic mass is 16.3. The summed E-state index contributed by atoms with van der Waals surface area (Å²) < 4.78 is 5.63. The molecule has 1 amide bonds. The molecule has 3 aliphatic heterocycles. The number of piperidine rings is 1. The van der Waals surface area contributed by atoms with Crippen molar-refractivity contribution in [3.05, 3.63) is 95.4 Å². The maximum absolute atomic E-state index is 13.7. The minimum Gasteiger partial charge on any atom is -0.464 e. The second-order valence-corrected chi connectivity index (χ2v) is 9.11. The minimum atomic E-state index is -0.436. The summed E-state index contributed by atoms with van der Waals surface area (Å²) in [5, 5.41) is 3.42. The van der Waals surface area contributed by atoms with E-state index in [0.29, 0.717) is 19.6 Å². The normalized spacial score (nSPS) is 20.6. The summed E-state index contributed by atoms with van der Waals surface area (Å²) in [6, 6.07) is 12.0. The summed E-state index contributed by atoms with van der Waals surface area (Å²) in [4.78, 5) is 22.8. The van der Waals surface area contributed by atoms with Crippen molar-refractivity contribution < 1.29 is 9.21 Å². The van der Waals surface area contributed by atoms with Crippen LogP contribution in [0.2, 0.25) is 0 Å². The molecule has 4 heterocycles. The number of rotatable bonds is 3. The number of benzene rings is 1. The van der Waals surface area contributed by atoms with E-state index in [-0.39, 0.29) is 5.91 Å². The summed E-state index contributed by atoms with van der Waals surface area (Å²) >= 11 is 0. The summed E-state index contributed by atoms with van der Waals surface area (Å²) in [6.07, 6.45) is 11.4. The second kappa shape index (κ2) is 8.42. The lowest BCUT2D eigenvalue weighted by Gasteiger charge is -2.44. The molecule has 6 rings (SSSR count). The molecule has 1 aromatic carbocycles. The first-order valence-corrected chi connectivity index (χ1v) is 11.8. The van der Waals surface area contributed by atoms with E-state index in [4.69, 9.17) is 9.41 Å². The van der Waals surface area contributed by atoms with Gasteiger partial charge in [-0.25, -0.2) is 4.99 Å².